The molecule has 4 fully saturated rings. The first-order valence-electron chi connectivity index (χ1n) is 11.1. The van der Waals surface area contributed by atoms with Gasteiger partial charge >= 0.3 is 0 Å². The van der Waals surface area contributed by atoms with Crippen LogP contribution in [0.3, 0.4) is 0 Å². The Bertz CT molecular complexity index is 1170. The minimum atomic E-state index is -0.179. The van der Waals surface area contributed by atoms with Crippen molar-refractivity contribution in [1.29, 1.82) is 0 Å². The van der Waals surface area contributed by atoms with Crippen molar-refractivity contribution >= 4 is 27.3 Å². The highest BCUT2D eigenvalue weighted by Crippen LogP contribution is 2.60. The van der Waals surface area contributed by atoms with E-state index >= 15 is 0 Å². The molecule has 4 bridgehead atoms. The molecule has 0 aliphatic heterocycles. The summed E-state index contributed by atoms with van der Waals surface area (Å²) in [5, 5.41) is 0.666. The van der Waals surface area contributed by atoms with Crippen LogP contribution in [0.2, 0.25) is 0 Å². The van der Waals surface area contributed by atoms with Crippen LogP contribution in [0.4, 0.5) is 0 Å². The zero-order chi connectivity index (χ0) is 20.5. The van der Waals surface area contributed by atoms with Crippen LogP contribution in [0.25, 0.3) is 20.7 Å². The van der Waals surface area contributed by atoms with Gasteiger partial charge in [-0.1, -0.05) is 30.3 Å². The zero-order valence-corrected chi connectivity index (χ0v) is 18.1. The molecule has 4 aliphatic carbocycles. The highest BCUT2D eigenvalue weighted by Gasteiger charge is 2.54. The summed E-state index contributed by atoms with van der Waals surface area (Å²) >= 11 is 1.56. The molecule has 2 heterocycles. The summed E-state index contributed by atoms with van der Waals surface area (Å²) in [4.78, 5) is 33.2. The van der Waals surface area contributed by atoms with E-state index < -0.39 is 0 Å². The van der Waals surface area contributed by atoms with Crippen molar-refractivity contribution in [3.05, 3.63) is 52.6 Å². The van der Waals surface area contributed by atoms with E-state index in [1.54, 1.807) is 22.2 Å². The number of hydrogen-bond donors (Lipinski definition) is 0. The predicted molar refractivity (Wildman–Crippen MR) is 120 cm³/mol. The van der Waals surface area contributed by atoms with Gasteiger partial charge in [0, 0.05) is 10.3 Å². The van der Waals surface area contributed by atoms with E-state index in [9.17, 15) is 9.59 Å². The topological polar surface area (TPSA) is 52.0 Å². The van der Waals surface area contributed by atoms with Gasteiger partial charge in [0.15, 0.2) is 5.78 Å². The van der Waals surface area contributed by atoms with Crippen molar-refractivity contribution in [2.75, 3.05) is 0 Å². The van der Waals surface area contributed by atoms with Gasteiger partial charge in [0.05, 0.1) is 18.3 Å². The summed E-state index contributed by atoms with van der Waals surface area (Å²) in [6.07, 6.45) is 8.66. The number of hydrogen-bond acceptors (Lipinski definition) is 4. The molecule has 0 radical (unpaired) electrons. The van der Waals surface area contributed by atoms with E-state index in [1.165, 1.54) is 19.3 Å². The molecule has 154 valence electrons. The van der Waals surface area contributed by atoms with Crippen LogP contribution in [-0.2, 0) is 11.3 Å². The molecule has 2 aromatic heterocycles. The minimum absolute atomic E-state index is 0.0750. The standard InChI is InChI=1S/C25H26N2O2S/c1-15-21-23(30-22(15)19-5-3-2-4-6-19)26-14-27(24(21)29)13-20(28)25-10-16-7-17(11-25)9-18(8-16)12-25/h2-6,14,16-18H,7-13H2,1H3. The lowest BCUT2D eigenvalue weighted by molar-refractivity contribution is -0.144. The smallest absolute Gasteiger partial charge is 0.262 e. The SMILES string of the molecule is Cc1c(-c2ccccc2)sc2ncn(CC(=O)C34CC5CC(CC(C5)C3)C4)c(=O)c12. The minimum Gasteiger partial charge on any atom is -0.297 e. The maximum Gasteiger partial charge on any atom is 0.262 e. The van der Waals surface area contributed by atoms with E-state index in [1.807, 2.05) is 25.1 Å². The van der Waals surface area contributed by atoms with Gasteiger partial charge in [0.1, 0.15) is 4.83 Å². The number of aromatic nitrogens is 2. The fraction of sp³-hybridized carbons (Fsp3) is 0.480. The maximum absolute atomic E-state index is 13.5. The van der Waals surface area contributed by atoms with Crippen LogP contribution in [0.1, 0.15) is 44.1 Å². The van der Waals surface area contributed by atoms with E-state index in [0.717, 1.165) is 57.9 Å². The molecule has 3 aromatic rings. The molecule has 4 aliphatic rings. The first-order valence-corrected chi connectivity index (χ1v) is 11.9. The average molecular weight is 419 g/mol. The Hall–Kier alpha value is -2.27. The molecule has 5 heteroatoms. The molecule has 30 heavy (non-hydrogen) atoms. The van der Waals surface area contributed by atoms with Gasteiger partial charge < -0.3 is 0 Å². The van der Waals surface area contributed by atoms with Crippen molar-refractivity contribution in [1.82, 2.24) is 9.55 Å². The monoisotopic (exact) mass is 418 g/mol. The molecule has 0 atom stereocenters. The molecule has 4 nitrogen and oxygen atoms in total. The number of carbonyl (C=O) groups excluding carboxylic acids is 1. The third-order valence-electron chi connectivity index (χ3n) is 7.90. The number of rotatable bonds is 4. The van der Waals surface area contributed by atoms with Crippen molar-refractivity contribution in [2.45, 2.75) is 52.0 Å². The molecule has 0 N–H and O–H groups in total. The molecule has 0 amide bonds. The van der Waals surface area contributed by atoms with Crippen molar-refractivity contribution in [2.24, 2.45) is 23.2 Å². The Morgan fingerprint density at radius 3 is 2.37 bits per heavy atom. The second-order valence-electron chi connectivity index (χ2n) is 9.90. The normalized spacial score (nSPS) is 29.6. The average Bonchev–Trinajstić information content (AvgIpc) is 3.07. The molecule has 7 rings (SSSR count). The maximum atomic E-state index is 13.5. The Morgan fingerprint density at radius 1 is 1.10 bits per heavy atom. The zero-order valence-electron chi connectivity index (χ0n) is 17.3. The summed E-state index contributed by atoms with van der Waals surface area (Å²) < 4.78 is 1.57. The highest BCUT2D eigenvalue weighted by atomic mass is 32.1. The predicted octanol–water partition coefficient (Wildman–Crippen LogP) is 5.22. The van der Waals surface area contributed by atoms with E-state index in [-0.39, 0.29) is 23.3 Å². The van der Waals surface area contributed by atoms with Gasteiger partial charge in [-0.15, -0.1) is 11.3 Å². The molecular formula is C25H26N2O2S. The number of thiophene rings is 1. The van der Waals surface area contributed by atoms with Crippen molar-refractivity contribution in [3.8, 4) is 10.4 Å². The van der Waals surface area contributed by atoms with Crippen LogP contribution in [-0.4, -0.2) is 15.3 Å². The number of benzene rings is 1. The molecular weight excluding hydrogens is 392 g/mol. The van der Waals surface area contributed by atoms with Gasteiger partial charge in [-0.25, -0.2) is 4.98 Å². The van der Waals surface area contributed by atoms with Crippen molar-refractivity contribution in [3.63, 3.8) is 0 Å². The van der Waals surface area contributed by atoms with Gasteiger partial charge in [0.25, 0.3) is 5.56 Å². The quantitative estimate of drug-likeness (QED) is 0.584. The second kappa shape index (κ2) is 6.61. The number of fused-ring (bicyclic) bond motifs is 1. The summed E-state index contributed by atoms with van der Waals surface area (Å²) in [7, 11) is 0. The second-order valence-corrected chi connectivity index (χ2v) is 10.9. The van der Waals surface area contributed by atoms with Gasteiger partial charge in [0.2, 0.25) is 0 Å². The number of aryl methyl sites for hydroxylation is 1. The third-order valence-corrected chi connectivity index (χ3v) is 9.15. The lowest BCUT2D eigenvalue weighted by atomic mass is 9.48. The molecule has 0 spiro atoms. The van der Waals surface area contributed by atoms with Crippen LogP contribution in [0.5, 0.6) is 0 Å². The van der Waals surface area contributed by atoms with Gasteiger partial charge in [-0.05, 0) is 74.3 Å². The molecule has 4 saturated carbocycles. The first-order chi connectivity index (χ1) is 14.5. The van der Waals surface area contributed by atoms with E-state index in [0.29, 0.717) is 5.39 Å². The Labute approximate surface area is 180 Å². The summed E-state index contributed by atoms with van der Waals surface area (Å²) in [6, 6.07) is 10.1. The van der Waals surface area contributed by atoms with Crippen LogP contribution < -0.4 is 5.56 Å². The number of nitrogens with zero attached hydrogens (tertiary/aromatic N) is 2. The Morgan fingerprint density at radius 2 is 1.73 bits per heavy atom. The van der Waals surface area contributed by atoms with E-state index in [4.69, 9.17) is 0 Å². The number of ketones is 1. The first kappa shape index (κ1) is 18.5. The molecule has 0 saturated heterocycles. The Balaban J connectivity index is 1.35. The van der Waals surface area contributed by atoms with Gasteiger partial charge in [-0.2, -0.15) is 0 Å². The molecule has 1 aromatic carbocycles. The van der Waals surface area contributed by atoms with E-state index in [2.05, 4.69) is 17.1 Å². The number of Topliss-reactive ketones (excluding diaryl/α,β-unsaturated/α-hetero) is 1. The summed E-state index contributed by atoms with van der Waals surface area (Å²) in [5.41, 5.74) is 1.82. The highest BCUT2D eigenvalue weighted by molar-refractivity contribution is 7.22. The molecule has 0 unspecified atom stereocenters. The lowest BCUT2D eigenvalue weighted by Gasteiger charge is -2.56. The fourth-order valence-corrected chi connectivity index (χ4v) is 8.06. The van der Waals surface area contributed by atoms with Gasteiger partial charge in [-0.3, -0.25) is 14.2 Å². The third kappa shape index (κ3) is 2.74. The summed E-state index contributed by atoms with van der Waals surface area (Å²) in [5.74, 6) is 2.45. The Kier molecular flexibility index (Phi) is 4.08. The van der Waals surface area contributed by atoms with Crippen molar-refractivity contribution < 1.29 is 4.79 Å². The largest absolute Gasteiger partial charge is 0.297 e. The summed E-state index contributed by atoms with van der Waals surface area (Å²) in [6.45, 7) is 2.17. The van der Waals surface area contributed by atoms with Crippen LogP contribution in [0, 0.1) is 30.1 Å². The fourth-order valence-electron chi connectivity index (χ4n) is 6.91. The van der Waals surface area contributed by atoms with Crippen LogP contribution >= 0.6 is 11.3 Å². The number of carbonyl (C=O) groups is 1. The lowest BCUT2D eigenvalue weighted by Crippen LogP contribution is -2.51. The van der Waals surface area contributed by atoms with Crippen LogP contribution in [0.15, 0.2) is 41.5 Å².